The molecular weight excluding hydrogens is 560 g/mol. The summed E-state index contributed by atoms with van der Waals surface area (Å²) in [5.74, 6) is 0.974. The largest absolute Gasteiger partial charge is 0.493 e. The van der Waals surface area contributed by atoms with E-state index in [1.807, 2.05) is 0 Å². The summed E-state index contributed by atoms with van der Waals surface area (Å²) < 4.78 is 45.4. The summed E-state index contributed by atoms with van der Waals surface area (Å²) >= 11 is 0. The van der Waals surface area contributed by atoms with Gasteiger partial charge >= 0.3 is 7.82 Å². The maximum atomic E-state index is 13.4. The molecule has 41 heavy (non-hydrogen) atoms. The number of aromatic amines is 1. The highest BCUT2D eigenvalue weighted by Gasteiger charge is 2.20. The van der Waals surface area contributed by atoms with Crippen molar-refractivity contribution >= 4 is 42.0 Å². The molecule has 0 saturated heterocycles. The first-order valence-corrected chi connectivity index (χ1v) is 14.0. The zero-order chi connectivity index (χ0) is 29.2. The summed E-state index contributed by atoms with van der Waals surface area (Å²) in [5, 5.41) is 13.4. The topological polar surface area (TPSA) is 182 Å². The lowest BCUT2D eigenvalue weighted by Gasteiger charge is -2.14. The summed E-state index contributed by atoms with van der Waals surface area (Å²) in [6.45, 7) is 2.11. The van der Waals surface area contributed by atoms with Gasteiger partial charge in [-0.25, -0.2) is 18.9 Å². The van der Waals surface area contributed by atoms with Crippen molar-refractivity contribution in [1.29, 1.82) is 0 Å². The normalized spacial score (nSPS) is 12.6. The Balaban J connectivity index is 1.36. The van der Waals surface area contributed by atoms with Gasteiger partial charge in [-0.05, 0) is 37.6 Å². The minimum atomic E-state index is -4.12. The molecule has 1 unspecified atom stereocenters. The van der Waals surface area contributed by atoms with Gasteiger partial charge in [0, 0.05) is 35.4 Å². The van der Waals surface area contributed by atoms with Crippen LogP contribution in [0.2, 0.25) is 0 Å². The highest BCUT2D eigenvalue weighted by atomic mass is 31.2. The van der Waals surface area contributed by atoms with Gasteiger partial charge in [-0.2, -0.15) is 15.2 Å². The lowest BCUT2D eigenvalue weighted by molar-refractivity contribution is -0.115. The van der Waals surface area contributed by atoms with E-state index in [2.05, 4.69) is 45.4 Å². The molecule has 5 N–H and O–H groups in total. The molecule has 0 fully saturated rings. The average Bonchev–Trinajstić information content (AvgIpc) is 3.36. The van der Waals surface area contributed by atoms with Crippen molar-refractivity contribution in [2.75, 3.05) is 37.5 Å². The standard InChI is InChI=1S/C25H29FN7O7P/c1-3-39-41(35,36)40-29-8-5-9-38-22-14-20-19(13-21(22)37-2)25(28-15-27-20)31-23-11-18(32-33-23)12-24(34)30-17-7-4-6-16(26)10-17/h4,6-7,10-11,13-15,29H,3,5,8-9,12H2,1-2H3,(H,30,34)(H,35,36)(H2,27,28,31,32,33). The van der Waals surface area contributed by atoms with E-state index in [1.54, 1.807) is 31.2 Å². The molecule has 1 amide bonds. The number of amides is 1. The highest BCUT2D eigenvalue weighted by molar-refractivity contribution is 7.47. The molecule has 2 heterocycles. The Morgan fingerprint density at radius 2 is 2.02 bits per heavy atom. The molecule has 0 aliphatic carbocycles. The Labute approximate surface area is 234 Å². The molecule has 218 valence electrons. The number of carbonyl (C=O) groups excluding carboxylic acids is 1. The van der Waals surface area contributed by atoms with Crippen LogP contribution in [0.25, 0.3) is 10.9 Å². The van der Waals surface area contributed by atoms with E-state index in [4.69, 9.17) is 9.47 Å². The number of nitrogens with one attached hydrogen (secondary N) is 4. The van der Waals surface area contributed by atoms with Crippen molar-refractivity contribution in [3.63, 3.8) is 0 Å². The third-order valence-electron chi connectivity index (χ3n) is 5.41. The SMILES string of the molecule is CCOP(=O)(O)ONCCCOc1cc2ncnc(Nc3cc(CC(=O)Nc4cccc(F)c4)[nH]n3)c2cc1OC. The van der Waals surface area contributed by atoms with Crippen LogP contribution in [0.5, 0.6) is 11.5 Å². The molecule has 0 aliphatic rings. The van der Waals surface area contributed by atoms with Crippen LogP contribution in [0, 0.1) is 5.82 Å². The number of methoxy groups -OCH3 is 1. The van der Waals surface area contributed by atoms with Crippen LogP contribution in [0.3, 0.4) is 0 Å². The number of phosphoric ester groups is 1. The number of hydroxylamine groups is 1. The summed E-state index contributed by atoms with van der Waals surface area (Å²) in [5.41, 5.74) is 3.86. The molecule has 0 saturated carbocycles. The van der Waals surface area contributed by atoms with E-state index in [1.165, 1.54) is 31.6 Å². The number of ether oxygens (including phenoxy) is 2. The van der Waals surface area contributed by atoms with Crippen molar-refractivity contribution in [2.24, 2.45) is 0 Å². The number of nitrogens with zero attached hydrogens (tertiary/aromatic N) is 3. The molecule has 0 spiro atoms. The molecule has 0 bridgehead atoms. The third-order valence-corrected chi connectivity index (χ3v) is 6.35. The van der Waals surface area contributed by atoms with Crippen LogP contribution in [-0.4, -0.2) is 57.8 Å². The molecule has 0 aliphatic heterocycles. The Morgan fingerprint density at radius 1 is 1.17 bits per heavy atom. The minimum Gasteiger partial charge on any atom is -0.493 e. The molecule has 1 atom stereocenters. The van der Waals surface area contributed by atoms with Crippen LogP contribution in [0.1, 0.15) is 19.0 Å². The van der Waals surface area contributed by atoms with E-state index < -0.39 is 13.6 Å². The van der Waals surface area contributed by atoms with Gasteiger partial charge in [0.15, 0.2) is 17.3 Å². The molecule has 2 aromatic carbocycles. The lowest BCUT2D eigenvalue weighted by atomic mass is 10.2. The molecule has 14 nitrogen and oxygen atoms in total. The predicted molar refractivity (Wildman–Crippen MR) is 147 cm³/mol. The van der Waals surface area contributed by atoms with Gasteiger partial charge in [0.05, 0.1) is 32.3 Å². The fourth-order valence-corrected chi connectivity index (χ4v) is 4.29. The summed E-state index contributed by atoms with van der Waals surface area (Å²) in [7, 11) is -2.62. The number of fused-ring (bicyclic) bond motifs is 1. The number of carbonyl (C=O) groups is 1. The van der Waals surface area contributed by atoms with Gasteiger partial charge in [0.1, 0.15) is 18.0 Å². The van der Waals surface area contributed by atoms with Gasteiger partial charge in [0.2, 0.25) is 5.91 Å². The fraction of sp³-hybridized carbons (Fsp3) is 0.280. The van der Waals surface area contributed by atoms with Gasteiger partial charge < -0.3 is 25.0 Å². The number of aromatic nitrogens is 4. The molecule has 2 aromatic heterocycles. The monoisotopic (exact) mass is 589 g/mol. The first kappa shape index (κ1) is 29.8. The van der Waals surface area contributed by atoms with Crippen molar-refractivity contribution < 1.29 is 37.3 Å². The van der Waals surface area contributed by atoms with E-state index in [0.717, 1.165) is 0 Å². The van der Waals surface area contributed by atoms with Crippen molar-refractivity contribution in [3.8, 4) is 11.5 Å². The fourth-order valence-electron chi connectivity index (χ4n) is 3.66. The number of benzene rings is 2. The molecule has 0 radical (unpaired) electrons. The second-order valence-corrected chi connectivity index (χ2v) is 9.83. The smallest absolute Gasteiger partial charge is 0.488 e. The molecule has 16 heteroatoms. The van der Waals surface area contributed by atoms with Crippen molar-refractivity contribution in [1.82, 2.24) is 25.6 Å². The predicted octanol–water partition coefficient (Wildman–Crippen LogP) is 3.85. The van der Waals surface area contributed by atoms with Crippen LogP contribution in [-0.2, 0) is 24.9 Å². The van der Waals surface area contributed by atoms with E-state index in [0.29, 0.717) is 51.8 Å². The highest BCUT2D eigenvalue weighted by Crippen LogP contribution is 2.41. The number of hydrogen-bond acceptors (Lipinski definition) is 11. The Kier molecular flexibility index (Phi) is 10.2. The summed E-state index contributed by atoms with van der Waals surface area (Å²) in [6.07, 6.45) is 1.83. The number of rotatable bonds is 15. The van der Waals surface area contributed by atoms with Gasteiger partial charge in [0.25, 0.3) is 0 Å². The zero-order valence-corrected chi connectivity index (χ0v) is 23.1. The third kappa shape index (κ3) is 8.67. The van der Waals surface area contributed by atoms with E-state index in [-0.39, 0.29) is 32.1 Å². The maximum absolute atomic E-state index is 13.4. The molecule has 4 aromatic rings. The number of H-pyrrole nitrogens is 1. The Morgan fingerprint density at radius 3 is 2.80 bits per heavy atom. The lowest BCUT2D eigenvalue weighted by Crippen LogP contribution is -2.17. The first-order valence-electron chi connectivity index (χ1n) is 12.5. The molecule has 4 rings (SSSR count). The van der Waals surface area contributed by atoms with Gasteiger partial charge in [-0.15, -0.1) is 0 Å². The number of halogens is 1. The molecular formula is C25H29FN7O7P. The number of hydrogen-bond donors (Lipinski definition) is 5. The van der Waals surface area contributed by atoms with Crippen LogP contribution in [0.4, 0.5) is 21.7 Å². The van der Waals surface area contributed by atoms with Crippen LogP contribution in [0.15, 0.2) is 48.8 Å². The number of phosphoric acid groups is 1. The minimum absolute atomic E-state index is 0.00227. The van der Waals surface area contributed by atoms with Crippen molar-refractivity contribution in [2.45, 2.75) is 19.8 Å². The average molecular weight is 590 g/mol. The zero-order valence-electron chi connectivity index (χ0n) is 22.2. The first-order chi connectivity index (χ1) is 19.8. The second kappa shape index (κ2) is 14.0. The Bertz CT molecular complexity index is 1540. The van der Waals surface area contributed by atoms with Gasteiger partial charge in [-0.3, -0.25) is 14.4 Å². The van der Waals surface area contributed by atoms with Crippen LogP contribution < -0.4 is 25.6 Å². The van der Waals surface area contributed by atoms with E-state index in [9.17, 15) is 18.6 Å². The summed E-state index contributed by atoms with van der Waals surface area (Å²) in [6, 6.07) is 10.7. The quantitative estimate of drug-likeness (QED) is 0.0768. The van der Waals surface area contributed by atoms with Gasteiger partial charge in [-0.1, -0.05) is 6.07 Å². The summed E-state index contributed by atoms with van der Waals surface area (Å²) in [4.78, 5) is 30.3. The van der Waals surface area contributed by atoms with E-state index >= 15 is 0 Å². The Hall–Kier alpha value is -4.14. The maximum Gasteiger partial charge on any atom is 0.488 e. The van der Waals surface area contributed by atoms with Crippen molar-refractivity contribution in [3.05, 3.63) is 60.3 Å². The second-order valence-electron chi connectivity index (χ2n) is 8.46. The number of anilines is 3. The van der Waals surface area contributed by atoms with Crippen LogP contribution >= 0.6 is 7.82 Å².